The van der Waals surface area contributed by atoms with Crippen LogP contribution >= 0.6 is 0 Å². The summed E-state index contributed by atoms with van der Waals surface area (Å²) in [6, 6.07) is 1.31. The van der Waals surface area contributed by atoms with Crippen molar-refractivity contribution < 1.29 is 22.6 Å². The molecule has 1 rings (SSSR count). The summed E-state index contributed by atoms with van der Waals surface area (Å²) in [4.78, 5) is 6.67. The van der Waals surface area contributed by atoms with Gasteiger partial charge in [-0.1, -0.05) is 13.3 Å². The van der Waals surface area contributed by atoms with Crippen LogP contribution in [-0.4, -0.2) is 36.8 Å². The molecule has 0 amide bonds. The Morgan fingerprint density at radius 2 is 1.95 bits per heavy atom. The first-order valence-corrected chi connectivity index (χ1v) is 6.32. The van der Waals surface area contributed by atoms with E-state index in [2.05, 4.69) is 15.3 Å². The van der Waals surface area contributed by atoms with E-state index >= 15 is 0 Å². The van der Waals surface area contributed by atoms with Crippen molar-refractivity contribution in [1.82, 2.24) is 9.97 Å². The van der Waals surface area contributed by atoms with Gasteiger partial charge in [-0.3, -0.25) is 0 Å². The SMILES string of the molecule is CCCCOCCOc1cc(NC)nc(C(F)(F)F)n1. The summed E-state index contributed by atoms with van der Waals surface area (Å²) in [6.07, 6.45) is -2.65. The van der Waals surface area contributed by atoms with E-state index in [-0.39, 0.29) is 18.3 Å². The molecule has 0 aromatic carbocycles. The maximum Gasteiger partial charge on any atom is 0.451 e. The van der Waals surface area contributed by atoms with Crippen LogP contribution in [0.3, 0.4) is 0 Å². The number of hydrogen-bond donors (Lipinski definition) is 1. The fourth-order valence-corrected chi connectivity index (χ4v) is 1.31. The van der Waals surface area contributed by atoms with E-state index in [1.54, 1.807) is 0 Å². The third-order valence-corrected chi connectivity index (χ3v) is 2.33. The van der Waals surface area contributed by atoms with Gasteiger partial charge in [0, 0.05) is 19.7 Å². The average Bonchev–Trinajstić information content (AvgIpc) is 2.41. The summed E-state index contributed by atoms with van der Waals surface area (Å²) < 4.78 is 48.1. The Bertz CT molecular complexity index is 413. The third-order valence-electron chi connectivity index (χ3n) is 2.33. The zero-order valence-electron chi connectivity index (χ0n) is 11.5. The Morgan fingerprint density at radius 3 is 2.55 bits per heavy atom. The van der Waals surface area contributed by atoms with E-state index in [1.807, 2.05) is 6.92 Å². The molecular weight excluding hydrogens is 275 g/mol. The number of unbranched alkanes of at least 4 members (excludes halogenated alkanes) is 1. The summed E-state index contributed by atoms with van der Waals surface area (Å²) in [7, 11) is 1.47. The van der Waals surface area contributed by atoms with E-state index in [9.17, 15) is 13.2 Å². The highest BCUT2D eigenvalue weighted by molar-refractivity contribution is 5.38. The molecule has 0 saturated heterocycles. The lowest BCUT2D eigenvalue weighted by molar-refractivity contribution is -0.145. The Hall–Kier alpha value is -1.57. The van der Waals surface area contributed by atoms with Gasteiger partial charge in [0.1, 0.15) is 12.4 Å². The number of halogens is 3. The first kappa shape index (κ1) is 16.5. The molecule has 0 atom stereocenters. The van der Waals surface area contributed by atoms with Gasteiger partial charge in [-0.15, -0.1) is 0 Å². The third kappa shape index (κ3) is 5.60. The number of nitrogens with zero attached hydrogens (tertiary/aromatic N) is 2. The van der Waals surface area contributed by atoms with Crippen molar-refractivity contribution >= 4 is 5.82 Å². The lowest BCUT2D eigenvalue weighted by Crippen LogP contribution is -2.15. The molecule has 0 radical (unpaired) electrons. The summed E-state index contributed by atoms with van der Waals surface area (Å²) in [6.45, 7) is 3.10. The van der Waals surface area contributed by atoms with E-state index in [1.165, 1.54) is 13.1 Å². The van der Waals surface area contributed by atoms with Crippen molar-refractivity contribution in [3.8, 4) is 5.88 Å². The Morgan fingerprint density at radius 1 is 1.20 bits per heavy atom. The first-order chi connectivity index (χ1) is 9.47. The van der Waals surface area contributed by atoms with Crippen molar-refractivity contribution in [2.45, 2.75) is 25.9 Å². The minimum absolute atomic E-state index is 0.0502. The van der Waals surface area contributed by atoms with Gasteiger partial charge in [-0.05, 0) is 6.42 Å². The zero-order valence-corrected chi connectivity index (χ0v) is 11.5. The van der Waals surface area contributed by atoms with E-state index in [0.717, 1.165) is 12.8 Å². The predicted molar refractivity (Wildman–Crippen MR) is 67.8 cm³/mol. The van der Waals surface area contributed by atoms with Crippen LogP contribution in [0, 0.1) is 0 Å². The van der Waals surface area contributed by atoms with Gasteiger partial charge in [-0.25, -0.2) is 4.98 Å². The topological polar surface area (TPSA) is 56.3 Å². The summed E-state index contributed by atoms with van der Waals surface area (Å²) in [5.41, 5.74) is 0. The molecule has 20 heavy (non-hydrogen) atoms. The lowest BCUT2D eigenvalue weighted by Gasteiger charge is -2.11. The molecule has 0 spiro atoms. The maximum atomic E-state index is 12.6. The second-order valence-corrected chi connectivity index (χ2v) is 3.98. The van der Waals surface area contributed by atoms with Gasteiger partial charge >= 0.3 is 6.18 Å². The molecule has 0 fully saturated rings. The molecule has 1 heterocycles. The van der Waals surface area contributed by atoms with E-state index in [4.69, 9.17) is 9.47 Å². The Balaban J connectivity index is 2.56. The smallest absolute Gasteiger partial charge is 0.451 e. The highest BCUT2D eigenvalue weighted by Gasteiger charge is 2.35. The van der Waals surface area contributed by atoms with Gasteiger partial charge in [0.05, 0.1) is 6.61 Å². The van der Waals surface area contributed by atoms with Gasteiger partial charge in [0.15, 0.2) is 0 Å². The standard InChI is InChI=1S/C12H18F3N3O2/c1-3-4-5-19-6-7-20-10-8-9(16-2)17-11(18-10)12(13,14)15/h8H,3-7H2,1-2H3,(H,16,17,18). The number of nitrogens with one attached hydrogen (secondary N) is 1. The van der Waals surface area contributed by atoms with Crippen LogP contribution in [-0.2, 0) is 10.9 Å². The van der Waals surface area contributed by atoms with Crippen LogP contribution in [0.1, 0.15) is 25.6 Å². The number of aromatic nitrogens is 2. The molecule has 0 aliphatic heterocycles. The van der Waals surface area contributed by atoms with Crippen molar-refractivity contribution in [1.29, 1.82) is 0 Å². The van der Waals surface area contributed by atoms with Crippen LogP contribution < -0.4 is 10.1 Å². The minimum atomic E-state index is -4.61. The molecular formula is C12H18F3N3O2. The molecule has 0 unspecified atom stereocenters. The maximum absolute atomic E-state index is 12.6. The molecule has 1 aromatic rings. The average molecular weight is 293 g/mol. The van der Waals surface area contributed by atoms with Crippen molar-refractivity contribution in [3.63, 3.8) is 0 Å². The van der Waals surface area contributed by atoms with Crippen LogP contribution in [0.5, 0.6) is 5.88 Å². The largest absolute Gasteiger partial charge is 0.475 e. The van der Waals surface area contributed by atoms with Crippen LogP contribution in [0.25, 0.3) is 0 Å². The van der Waals surface area contributed by atoms with Gasteiger partial charge in [-0.2, -0.15) is 18.2 Å². The summed E-state index contributed by atoms with van der Waals surface area (Å²) in [5.74, 6) is -1.31. The number of ether oxygens (including phenoxy) is 2. The second kappa shape index (κ2) is 7.88. The normalized spacial score (nSPS) is 11.4. The molecule has 8 heteroatoms. The fourth-order valence-electron chi connectivity index (χ4n) is 1.31. The molecule has 0 aliphatic carbocycles. The monoisotopic (exact) mass is 293 g/mol. The van der Waals surface area contributed by atoms with E-state index in [0.29, 0.717) is 13.2 Å². The highest BCUT2D eigenvalue weighted by Crippen LogP contribution is 2.28. The number of rotatable bonds is 8. The Labute approximate surface area is 115 Å². The fraction of sp³-hybridized carbons (Fsp3) is 0.667. The van der Waals surface area contributed by atoms with E-state index < -0.39 is 12.0 Å². The molecule has 0 bridgehead atoms. The Kier molecular flexibility index (Phi) is 6.50. The number of alkyl halides is 3. The van der Waals surface area contributed by atoms with Crippen LogP contribution in [0.2, 0.25) is 0 Å². The van der Waals surface area contributed by atoms with Crippen LogP contribution in [0.15, 0.2) is 6.07 Å². The minimum Gasteiger partial charge on any atom is -0.475 e. The van der Waals surface area contributed by atoms with Crippen molar-refractivity contribution in [2.24, 2.45) is 0 Å². The predicted octanol–water partition coefficient (Wildman–Crippen LogP) is 2.73. The van der Waals surface area contributed by atoms with Crippen molar-refractivity contribution in [3.05, 3.63) is 11.9 Å². The molecule has 114 valence electrons. The van der Waals surface area contributed by atoms with Gasteiger partial charge < -0.3 is 14.8 Å². The molecule has 1 N–H and O–H groups in total. The molecule has 0 aliphatic rings. The number of anilines is 1. The lowest BCUT2D eigenvalue weighted by atomic mass is 10.4. The number of hydrogen-bond acceptors (Lipinski definition) is 5. The quantitative estimate of drug-likeness (QED) is 0.747. The summed E-state index contributed by atoms with van der Waals surface area (Å²) >= 11 is 0. The molecule has 0 saturated carbocycles. The molecule has 5 nitrogen and oxygen atoms in total. The van der Waals surface area contributed by atoms with Gasteiger partial charge in [0.2, 0.25) is 11.7 Å². The van der Waals surface area contributed by atoms with Crippen LogP contribution in [0.4, 0.5) is 19.0 Å². The zero-order chi connectivity index (χ0) is 15.0. The van der Waals surface area contributed by atoms with Crippen molar-refractivity contribution in [2.75, 3.05) is 32.2 Å². The summed E-state index contributed by atoms with van der Waals surface area (Å²) in [5, 5.41) is 2.54. The van der Waals surface area contributed by atoms with Gasteiger partial charge in [0.25, 0.3) is 0 Å². The highest BCUT2D eigenvalue weighted by atomic mass is 19.4. The first-order valence-electron chi connectivity index (χ1n) is 6.32. The second-order valence-electron chi connectivity index (χ2n) is 3.98. The molecule has 1 aromatic heterocycles.